The van der Waals surface area contributed by atoms with Gasteiger partial charge in [-0.1, -0.05) is 57.9 Å². The highest BCUT2D eigenvalue weighted by Gasteiger charge is 2.19. The van der Waals surface area contributed by atoms with Gasteiger partial charge < -0.3 is 5.11 Å². The van der Waals surface area contributed by atoms with E-state index in [0.29, 0.717) is 17.9 Å². The van der Waals surface area contributed by atoms with E-state index in [1.54, 1.807) is 6.07 Å². The Hall–Kier alpha value is -1.32. The van der Waals surface area contributed by atoms with E-state index in [1.807, 2.05) is 42.5 Å². The lowest BCUT2D eigenvalue weighted by Gasteiger charge is -2.13. The van der Waals surface area contributed by atoms with E-state index >= 15 is 0 Å². The van der Waals surface area contributed by atoms with Crippen LogP contribution in [0.4, 0.5) is 0 Å². The summed E-state index contributed by atoms with van der Waals surface area (Å²) < 4.78 is 0.985. The average Bonchev–Trinajstić information content (AvgIpc) is 2.42. The van der Waals surface area contributed by atoms with Crippen LogP contribution in [0.5, 0.6) is 0 Å². The van der Waals surface area contributed by atoms with Gasteiger partial charge in [0.1, 0.15) is 0 Å². The van der Waals surface area contributed by atoms with Crippen molar-refractivity contribution in [3.63, 3.8) is 0 Å². The third kappa shape index (κ3) is 4.09. The zero-order valence-corrected chi connectivity index (χ0v) is 13.1. The van der Waals surface area contributed by atoms with Crippen LogP contribution in [-0.2, 0) is 17.6 Å². The zero-order valence-electron chi connectivity index (χ0n) is 10.7. The van der Waals surface area contributed by atoms with Gasteiger partial charge in [0.05, 0.1) is 5.92 Å². The van der Waals surface area contributed by atoms with Crippen molar-refractivity contribution in [2.75, 3.05) is 0 Å². The van der Waals surface area contributed by atoms with Crippen LogP contribution in [0.3, 0.4) is 0 Å². The van der Waals surface area contributed by atoms with Gasteiger partial charge in [-0.25, -0.2) is 0 Å². The zero-order chi connectivity index (χ0) is 14.5. The maximum absolute atomic E-state index is 11.4. The Morgan fingerprint density at radius 1 is 1.10 bits per heavy atom. The molecule has 1 atom stereocenters. The predicted molar refractivity (Wildman–Crippen MR) is 84.1 cm³/mol. The number of benzene rings is 2. The lowest BCUT2D eigenvalue weighted by atomic mass is 9.92. The molecule has 0 amide bonds. The molecule has 0 aliphatic heterocycles. The molecule has 1 unspecified atom stereocenters. The third-order valence-electron chi connectivity index (χ3n) is 3.17. The molecule has 2 aromatic carbocycles. The molecule has 2 aromatic rings. The second kappa shape index (κ2) is 6.91. The number of rotatable bonds is 5. The summed E-state index contributed by atoms with van der Waals surface area (Å²) in [4.78, 5) is 11.4. The van der Waals surface area contributed by atoms with E-state index in [0.717, 1.165) is 15.6 Å². The first-order valence-corrected chi connectivity index (χ1v) is 7.44. The molecule has 2 rings (SSSR count). The summed E-state index contributed by atoms with van der Waals surface area (Å²) in [6.45, 7) is 0. The summed E-state index contributed by atoms with van der Waals surface area (Å²) in [6, 6.07) is 15.1. The molecule has 0 bridgehead atoms. The van der Waals surface area contributed by atoms with E-state index in [1.165, 1.54) is 0 Å². The van der Waals surface area contributed by atoms with Gasteiger partial charge in [0, 0.05) is 9.50 Å². The minimum absolute atomic E-state index is 0.436. The highest BCUT2D eigenvalue weighted by molar-refractivity contribution is 9.10. The van der Waals surface area contributed by atoms with Gasteiger partial charge in [-0.05, 0) is 42.2 Å². The lowest BCUT2D eigenvalue weighted by Crippen LogP contribution is -2.19. The monoisotopic (exact) mass is 352 g/mol. The number of halogens is 2. The molecule has 0 aliphatic rings. The van der Waals surface area contributed by atoms with Gasteiger partial charge in [-0.3, -0.25) is 4.79 Å². The topological polar surface area (TPSA) is 37.3 Å². The van der Waals surface area contributed by atoms with Gasteiger partial charge in [0.25, 0.3) is 0 Å². The first-order chi connectivity index (χ1) is 9.56. The van der Waals surface area contributed by atoms with Crippen molar-refractivity contribution in [2.45, 2.75) is 12.8 Å². The summed E-state index contributed by atoms with van der Waals surface area (Å²) in [6.07, 6.45) is 0.929. The number of carboxylic acid groups (broad SMARTS) is 1. The molecule has 1 N–H and O–H groups in total. The molecule has 104 valence electrons. The Morgan fingerprint density at radius 3 is 2.35 bits per heavy atom. The summed E-state index contributed by atoms with van der Waals surface area (Å²) in [5, 5.41) is 10.0. The largest absolute Gasteiger partial charge is 0.481 e. The molecule has 4 heteroatoms. The standard InChI is InChI=1S/C16H14BrClO2/c17-14-7-5-11(6-8-14)9-13(16(19)20)10-12-3-1-2-4-15(12)18/h1-8,13H,9-10H2,(H,19,20). The second-order valence-electron chi connectivity index (χ2n) is 4.66. The highest BCUT2D eigenvalue weighted by atomic mass is 79.9. The van der Waals surface area contributed by atoms with Crippen LogP contribution in [-0.4, -0.2) is 11.1 Å². The normalized spacial score (nSPS) is 12.1. The van der Waals surface area contributed by atoms with Gasteiger partial charge in [-0.15, -0.1) is 0 Å². The predicted octanol–water partition coefficient (Wildman–Crippen LogP) is 4.59. The van der Waals surface area contributed by atoms with Crippen molar-refractivity contribution < 1.29 is 9.90 Å². The Kier molecular flexibility index (Phi) is 5.21. The Bertz CT molecular complexity index is 596. The smallest absolute Gasteiger partial charge is 0.307 e. The molecule has 0 aromatic heterocycles. The summed E-state index contributed by atoms with van der Waals surface area (Å²) in [5.74, 6) is -1.27. The molecule has 0 radical (unpaired) electrons. The fourth-order valence-electron chi connectivity index (χ4n) is 2.08. The van der Waals surface area contributed by atoms with Crippen molar-refractivity contribution in [3.05, 3.63) is 69.2 Å². The molecule has 0 aliphatic carbocycles. The van der Waals surface area contributed by atoms with Crippen molar-refractivity contribution in [2.24, 2.45) is 5.92 Å². The molecule has 0 spiro atoms. The van der Waals surface area contributed by atoms with Crippen LogP contribution < -0.4 is 0 Å². The lowest BCUT2D eigenvalue weighted by molar-refractivity contribution is -0.141. The van der Waals surface area contributed by atoms with Crippen LogP contribution in [0.1, 0.15) is 11.1 Å². The molecule has 0 saturated heterocycles. The molecule has 20 heavy (non-hydrogen) atoms. The van der Waals surface area contributed by atoms with Gasteiger partial charge >= 0.3 is 5.97 Å². The van der Waals surface area contributed by atoms with E-state index in [9.17, 15) is 9.90 Å². The number of hydrogen-bond donors (Lipinski definition) is 1. The van der Waals surface area contributed by atoms with Gasteiger partial charge in [0.2, 0.25) is 0 Å². The number of hydrogen-bond acceptors (Lipinski definition) is 1. The fourth-order valence-corrected chi connectivity index (χ4v) is 2.56. The maximum Gasteiger partial charge on any atom is 0.307 e. The van der Waals surface area contributed by atoms with Gasteiger partial charge in [0.15, 0.2) is 0 Å². The maximum atomic E-state index is 11.4. The van der Waals surface area contributed by atoms with Crippen LogP contribution in [0.2, 0.25) is 5.02 Å². The van der Waals surface area contributed by atoms with Crippen LogP contribution >= 0.6 is 27.5 Å². The van der Waals surface area contributed by atoms with Crippen LogP contribution in [0, 0.1) is 5.92 Å². The highest BCUT2D eigenvalue weighted by Crippen LogP contribution is 2.22. The van der Waals surface area contributed by atoms with Crippen molar-refractivity contribution in [1.29, 1.82) is 0 Å². The number of carbonyl (C=O) groups is 1. The quantitative estimate of drug-likeness (QED) is 0.853. The molecule has 0 heterocycles. The molecule has 2 nitrogen and oxygen atoms in total. The van der Waals surface area contributed by atoms with Crippen LogP contribution in [0.25, 0.3) is 0 Å². The minimum Gasteiger partial charge on any atom is -0.481 e. The molecular weight excluding hydrogens is 340 g/mol. The average molecular weight is 354 g/mol. The van der Waals surface area contributed by atoms with Crippen molar-refractivity contribution in [1.82, 2.24) is 0 Å². The molecule has 0 saturated carbocycles. The van der Waals surface area contributed by atoms with E-state index in [2.05, 4.69) is 15.9 Å². The van der Waals surface area contributed by atoms with E-state index in [-0.39, 0.29) is 0 Å². The Labute approximate surface area is 131 Å². The van der Waals surface area contributed by atoms with Crippen LogP contribution in [0.15, 0.2) is 53.0 Å². The number of aliphatic carboxylic acids is 1. The second-order valence-corrected chi connectivity index (χ2v) is 5.98. The summed E-state index contributed by atoms with van der Waals surface area (Å²) in [5.41, 5.74) is 1.88. The van der Waals surface area contributed by atoms with Crippen molar-refractivity contribution in [3.8, 4) is 0 Å². The summed E-state index contributed by atoms with van der Waals surface area (Å²) in [7, 11) is 0. The van der Waals surface area contributed by atoms with E-state index < -0.39 is 11.9 Å². The number of carboxylic acids is 1. The van der Waals surface area contributed by atoms with Gasteiger partial charge in [-0.2, -0.15) is 0 Å². The van der Waals surface area contributed by atoms with Crippen molar-refractivity contribution >= 4 is 33.5 Å². The summed E-state index contributed by atoms with van der Waals surface area (Å²) >= 11 is 9.47. The Morgan fingerprint density at radius 2 is 1.75 bits per heavy atom. The third-order valence-corrected chi connectivity index (χ3v) is 4.07. The first kappa shape index (κ1) is 15.1. The SMILES string of the molecule is O=C(O)C(Cc1ccc(Br)cc1)Cc1ccccc1Cl. The fraction of sp³-hybridized carbons (Fsp3) is 0.188. The molecule has 0 fully saturated rings. The minimum atomic E-state index is -0.798. The molecular formula is C16H14BrClO2. The Balaban J connectivity index is 2.14. The van der Waals surface area contributed by atoms with E-state index in [4.69, 9.17) is 11.6 Å². The first-order valence-electron chi connectivity index (χ1n) is 6.27.